The minimum atomic E-state index is -0.539. The molecule has 6 heteroatoms. The molecular formula is C10H15N3O3. The van der Waals surface area contributed by atoms with Gasteiger partial charge in [0.05, 0.1) is 5.69 Å². The van der Waals surface area contributed by atoms with Gasteiger partial charge in [-0.05, 0) is 36.2 Å². The predicted octanol–water partition coefficient (Wildman–Crippen LogP) is 1.56. The third kappa shape index (κ3) is 3.47. The molecule has 0 fully saturated rings. The summed E-state index contributed by atoms with van der Waals surface area (Å²) in [6, 6.07) is 2.95. The highest BCUT2D eigenvalue weighted by Crippen LogP contribution is 2.18. The number of aliphatic hydroxyl groups is 1. The number of pyridine rings is 1. The van der Waals surface area contributed by atoms with E-state index < -0.39 is 4.92 Å². The minimum absolute atomic E-state index is 0.0837. The van der Waals surface area contributed by atoms with Crippen molar-refractivity contribution in [3.05, 3.63) is 28.4 Å². The molecule has 0 amide bonds. The molecule has 1 rings (SSSR count). The van der Waals surface area contributed by atoms with Crippen LogP contribution in [-0.2, 0) is 0 Å². The second-order valence-electron chi connectivity index (χ2n) is 4.14. The summed E-state index contributed by atoms with van der Waals surface area (Å²) in [6.45, 7) is 3.95. The molecule has 0 radical (unpaired) electrons. The van der Waals surface area contributed by atoms with Gasteiger partial charge in [0.15, 0.2) is 6.20 Å². The van der Waals surface area contributed by atoms with Crippen molar-refractivity contribution < 1.29 is 10.0 Å². The molecule has 0 aliphatic heterocycles. The van der Waals surface area contributed by atoms with E-state index in [2.05, 4.69) is 10.3 Å². The van der Waals surface area contributed by atoms with E-state index in [4.69, 9.17) is 5.11 Å². The van der Waals surface area contributed by atoms with E-state index in [9.17, 15) is 10.1 Å². The molecule has 2 N–H and O–H groups in total. The van der Waals surface area contributed by atoms with E-state index in [1.54, 1.807) is 6.07 Å². The molecule has 0 saturated heterocycles. The summed E-state index contributed by atoms with van der Waals surface area (Å²) in [4.78, 5) is 13.5. The Hall–Kier alpha value is -1.69. The number of rotatable bonds is 5. The second-order valence-corrected chi connectivity index (χ2v) is 4.14. The molecule has 0 aromatic carbocycles. The van der Waals surface area contributed by atoms with Crippen molar-refractivity contribution in [2.24, 2.45) is 0 Å². The first kappa shape index (κ1) is 12.4. The average molecular weight is 225 g/mol. The Labute approximate surface area is 93.5 Å². The van der Waals surface area contributed by atoms with Crippen LogP contribution in [0.4, 0.5) is 11.5 Å². The van der Waals surface area contributed by atoms with Gasteiger partial charge in [-0.25, -0.2) is 0 Å². The van der Waals surface area contributed by atoms with Gasteiger partial charge in [-0.2, -0.15) is 0 Å². The lowest BCUT2D eigenvalue weighted by Crippen LogP contribution is -2.31. The number of hydrogen-bond acceptors (Lipinski definition) is 5. The summed E-state index contributed by atoms with van der Waals surface area (Å²) < 4.78 is 0. The predicted molar refractivity (Wildman–Crippen MR) is 60.3 cm³/mol. The smallest absolute Gasteiger partial charge is 0.363 e. The fraction of sp³-hybridized carbons (Fsp3) is 0.500. The maximum atomic E-state index is 10.4. The fourth-order valence-corrected chi connectivity index (χ4v) is 1.30. The molecule has 0 saturated carbocycles. The Bertz CT molecular complexity index is 362. The molecule has 0 unspecified atom stereocenters. The molecule has 6 nitrogen and oxygen atoms in total. The lowest BCUT2D eigenvalue weighted by molar-refractivity contribution is -0.389. The van der Waals surface area contributed by atoms with Crippen LogP contribution in [0.3, 0.4) is 0 Å². The molecule has 1 aromatic heterocycles. The summed E-state index contributed by atoms with van der Waals surface area (Å²) in [6.07, 6.45) is 2.00. The zero-order valence-corrected chi connectivity index (χ0v) is 9.30. The summed E-state index contributed by atoms with van der Waals surface area (Å²) >= 11 is 0. The number of aliphatic hydroxyl groups excluding tert-OH is 1. The summed E-state index contributed by atoms with van der Waals surface area (Å²) in [5.41, 5.74) is 0.427. The quantitative estimate of drug-likeness (QED) is 0.586. The zero-order chi connectivity index (χ0) is 12.2. The first-order valence-electron chi connectivity index (χ1n) is 4.94. The highest BCUT2D eigenvalue weighted by atomic mass is 16.6. The maximum Gasteiger partial charge on any atom is 0.363 e. The lowest BCUT2D eigenvalue weighted by Gasteiger charge is -2.25. The van der Waals surface area contributed by atoms with Crippen LogP contribution in [0.15, 0.2) is 18.3 Å². The van der Waals surface area contributed by atoms with Crippen LogP contribution >= 0.6 is 0 Å². The van der Waals surface area contributed by atoms with Crippen molar-refractivity contribution in [2.45, 2.75) is 25.8 Å². The summed E-state index contributed by atoms with van der Waals surface area (Å²) in [7, 11) is 0. The Balaban J connectivity index is 2.72. The second kappa shape index (κ2) is 4.89. The van der Waals surface area contributed by atoms with Gasteiger partial charge in [-0.1, -0.05) is 0 Å². The number of nitro groups is 1. The van der Waals surface area contributed by atoms with Crippen molar-refractivity contribution in [3.8, 4) is 0 Å². The van der Waals surface area contributed by atoms with Crippen LogP contribution in [0.5, 0.6) is 0 Å². The zero-order valence-electron chi connectivity index (χ0n) is 9.30. The molecule has 0 bridgehead atoms. The van der Waals surface area contributed by atoms with Crippen LogP contribution in [0.2, 0.25) is 0 Å². The number of aromatic nitrogens is 1. The van der Waals surface area contributed by atoms with Crippen LogP contribution in [-0.4, -0.2) is 27.2 Å². The van der Waals surface area contributed by atoms with E-state index >= 15 is 0 Å². The van der Waals surface area contributed by atoms with Gasteiger partial charge in [0.2, 0.25) is 0 Å². The third-order valence-electron chi connectivity index (χ3n) is 2.15. The third-order valence-corrected chi connectivity index (χ3v) is 2.15. The van der Waals surface area contributed by atoms with Gasteiger partial charge < -0.3 is 20.5 Å². The highest BCUT2D eigenvalue weighted by Gasteiger charge is 2.17. The Kier molecular flexibility index (Phi) is 3.78. The SMILES string of the molecule is CC(C)(CCO)Nc1ccc([N+](=O)[O-])nc1. The van der Waals surface area contributed by atoms with Gasteiger partial charge in [-0.15, -0.1) is 0 Å². The number of anilines is 1. The minimum Gasteiger partial charge on any atom is -0.396 e. The molecule has 0 atom stereocenters. The van der Waals surface area contributed by atoms with Crippen molar-refractivity contribution >= 4 is 11.5 Å². The molecule has 88 valence electrons. The van der Waals surface area contributed by atoms with Crippen molar-refractivity contribution in [1.29, 1.82) is 0 Å². The van der Waals surface area contributed by atoms with E-state index in [1.165, 1.54) is 12.3 Å². The monoisotopic (exact) mass is 225 g/mol. The van der Waals surface area contributed by atoms with E-state index in [0.717, 1.165) is 0 Å². The van der Waals surface area contributed by atoms with Gasteiger partial charge in [0, 0.05) is 18.2 Å². The lowest BCUT2D eigenvalue weighted by atomic mass is 10.0. The molecule has 1 heterocycles. The first-order valence-corrected chi connectivity index (χ1v) is 4.94. The maximum absolute atomic E-state index is 10.4. The summed E-state index contributed by atoms with van der Waals surface area (Å²) in [5, 5.41) is 22.4. The first-order chi connectivity index (χ1) is 7.44. The Morgan fingerprint density at radius 1 is 1.56 bits per heavy atom. The van der Waals surface area contributed by atoms with Gasteiger partial charge in [0.1, 0.15) is 0 Å². The molecule has 0 spiro atoms. The largest absolute Gasteiger partial charge is 0.396 e. The Morgan fingerprint density at radius 2 is 2.25 bits per heavy atom. The number of nitrogens with one attached hydrogen (secondary N) is 1. The summed E-state index contributed by atoms with van der Waals surface area (Å²) in [5.74, 6) is -0.175. The Morgan fingerprint density at radius 3 is 2.69 bits per heavy atom. The number of hydrogen-bond donors (Lipinski definition) is 2. The van der Waals surface area contributed by atoms with Crippen molar-refractivity contribution in [1.82, 2.24) is 4.98 Å². The molecular weight excluding hydrogens is 210 g/mol. The average Bonchev–Trinajstić information content (AvgIpc) is 2.17. The van der Waals surface area contributed by atoms with Crippen LogP contribution in [0.1, 0.15) is 20.3 Å². The topological polar surface area (TPSA) is 88.3 Å². The van der Waals surface area contributed by atoms with Crippen LogP contribution < -0.4 is 5.32 Å². The highest BCUT2D eigenvalue weighted by molar-refractivity contribution is 5.45. The van der Waals surface area contributed by atoms with Gasteiger partial charge in [-0.3, -0.25) is 0 Å². The fourth-order valence-electron chi connectivity index (χ4n) is 1.30. The van der Waals surface area contributed by atoms with E-state index in [0.29, 0.717) is 12.1 Å². The molecule has 0 aliphatic carbocycles. The van der Waals surface area contributed by atoms with Crippen molar-refractivity contribution in [3.63, 3.8) is 0 Å². The normalized spacial score (nSPS) is 11.2. The molecule has 1 aromatic rings. The van der Waals surface area contributed by atoms with E-state index in [-0.39, 0.29) is 18.0 Å². The molecule has 16 heavy (non-hydrogen) atoms. The van der Waals surface area contributed by atoms with E-state index in [1.807, 2.05) is 13.8 Å². The van der Waals surface area contributed by atoms with Crippen LogP contribution in [0.25, 0.3) is 0 Å². The number of nitrogens with zero attached hydrogens (tertiary/aromatic N) is 2. The van der Waals surface area contributed by atoms with Gasteiger partial charge in [0.25, 0.3) is 0 Å². The van der Waals surface area contributed by atoms with Crippen molar-refractivity contribution in [2.75, 3.05) is 11.9 Å². The van der Waals surface area contributed by atoms with Crippen LogP contribution in [0, 0.1) is 10.1 Å². The standard InChI is InChI=1S/C10H15N3O3/c1-10(2,5-6-14)12-8-3-4-9(11-7-8)13(15)16/h3-4,7,12,14H,5-6H2,1-2H3. The molecule has 0 aliphatic rings. The van der Waals surface area contributed by atoms with Gasteiger partial charge >= 0.3 is 5.82 Å².